The van der Waals surface area contributed by atoms with Gasteiger partial charge in [-0.05, 0) is 24.6 Å². The fourth-order valence-corrected chi connectivity index (χ4v) is 2.10. The van der Waals surface area contributed by atoms with Crippen molar-refractivity contribution in [3.63, 3.8) is 0 Å². The molecule has 0 heterocycles. The van der Waals surface area contributed by atoms with Crippen molar-refractivity contribution < 1.29 is 24.1 Å². The first-order valence-corrected chi connectivity index (χ1v) is 7.62. The van der Waals surface area contributed by atoms with Crippen molar-refractivity contribution in [2.24, 2.45) is 0 Å². The molecular formula is C19H20O5. The highest BCUT2D eigenvalue weighted by atomic mass is 16.5. The Bertz CT molecular complexity index is 721. The molecule has 0 aliphatic heterocycles. The second kappa shape index (κ2) is 8.62. The zero-order valence-electron chi connectivity index (χ0n) is 13.7. The van der Waals surface area contributed by atoms with Gasteiger partial charge in [0.05, 0.1) is 20.0 Å². The number of carboxylic acids is 1. The maximum Gasteiger partial charge on any atom is 0.339 e. The van der Waals surface area contributed by atoms with Gasteiger partial charge in [-0.15, -0.1) is 0 Å². The first-order valence-electron chi connectivity index (χ1n) is 7.62. The number of aliphatic carboxylic acids is 1. The van der Waals surface area contributed by atoms with Gasteiger partial charge in [-0.3, -0.25) is 0 Å². The first-order chi connectivity index (χ1) is 11.7. The van der Waals surface area contributed by atoms with Crippen LogP contribution in [0.15, 0.2) is 54.8 Å². The second-order valence-corrected chi connectivity index (χ2v) is 4.99. The van der Waals surface area contributed by atoms with Crippen LogP contribution in [0.2, 0.25) is 0 Å². The number of para-hydroxylation sites is 1. The van der Waals surface area contributed by atoms with Crippen LogP contribution in [0.3, 0.4) is 0 Å². The largest absolute Gasteiger partial charge is 0.503 e. The van der Waals surface area contributed by atoms with E-state index in [0.717, 1.165) is 6.42 Å². The van der Waals surface area contributed by atoms with Gasteiger partial charge in [0, 0.05) is 11.6 Å². The van der Waals surface area contributed by atoms with Crippen LogP contribution in [-0.4, -0.2) is 24.8 Å². The first kappa shape index (κ1) is 17.4. The van der Waals surface area contributed by atoms with E-state index in [1.807, 2.05) is 19.1 Å². The van der Waals surface area contributed by atoms with E-state index in [9.17, 15) is 9.90 Å². The van der Waals surface area contributed by atoms with Crippen LogP contribution in [0.4, 0.5) is 0 Å². The van der Waals surface area contributed by atoms with Crippen LogP contribution in [-0.2, 0) is 9.53 Å². The van der Waals surface area contributed by atoms with Crippen molar-refractivity contribution in [1.82, 2.24) is 0 Å². The smallest absolute Gasteiger partial charge is 0.339 e. The summed E-state index contributed by atoms with van der Waals surface area (Å²) in [6.45, 7) is 2.66. The van der Waals surface area contributed by atoms with E-state index < -0.39 is 5.97 Å². The van der Waals surface area contributed by atoms with Gasteiger partial charge in [0.25, 0.3) is 0 Å². The maximum absolute atomic E-state index is 11.4. The van der Waals surface area contributed by atoms with Gasteiger partial charge in [-0.1, -0.05) is 31.2 Å². The minimum Gasteiger partial charge on any atom is -0.503 e. The van der Waals surface area contributed by atoms with E-state index in [1.54, 1.807) is 36.4 Å². The molecule has 0 saturated heterocycles. The number of hydrogen-bond donors (Lipinski definition) is 1. The summed E-state index contributed by atoms with van der Waals surface area (Å²) >= 11 is 0. The average Bonchev–Trinajstić information content (AvgIpc) is 2.59. The highest BCUT2D eigenvalue weighted by Crippen LogP contribution is 2.31. The normalized spacial score (nSPS) is 11.0. The quantitative estimate of drug-likeness (QED) is 0.577. The van der Waals surface area contributed by atoms with Crippen molar-refractivity contribution in [3.8, 4) is 17.2 Å². The lowest BCUT2D eigenvalue weighted by Crippen LogP contribution is -2.02. The summed E-state index contributed by atoms with van der Waals surface area (Å²) in [5.41, 5.74) is 0.457. The Morgan fingerprint density at radius 1 is 1.12 bits per heavy atom. The molecule has 0 spiro atoms. The number of benzene rings is 2. The van der Waals surface area contributed by atoms with Crippen molar-refractivity contribution in [1.29, 1.82) is 0 Å². The van der Waals surface area contributed by atoms with Gasteiger partial charge in [-0.25, -0.2) is 4.79 Å². The van der Waals surface area contributed by atoms with Crippen molar-refractivity contribution >= 4 is 11.5 Å². The number of ether oxygens (including phenoxy) is 3. The Hall–Kier alpha value is -2.95. The van der Waals surface area contributed by atoms with E-state index in [-0.39, 0.29) is 5.57 Å². The minimum absolute atomic E-state index is 0.0199. The Labute approximate surface area is 141 Å². The molecule has 2 aromatic rings. The second-order valence-electron chi connectivity index (χ2n) is 4.99. The number of rotatable bonds is 8. The molecule has 0 atom stereocenters. The van der Waals surface area contributed by atoms with Crippen molar-refractivity contribution in [2.75, 3.05) is 13.7 Å². The minimum atomic E-state index is -1.09. The Morgan fingerprint density at radius 2 is 1.88 bits per heavy atom. The molecule has 2 rings (SSSR count). The predicted octanol–water partition coefficient (Wildman–Crippen LogP) is 4.34. The summed E-state index contributed by atoms with van der Waals surface area (Å²) in [5, 5.41) is 9.37. The third-order valence-electron chi connectivity index (χ3n) is 3.15. The van der Waals surface area contributed by atoms with E-state index in [1.165, 1.54) is 13.4 Å². The predicted molar refractivity (Wildman–Crippen MR) is 91.4 cm³/mol. The molecule has 126 valence electrons. The molecule has 2 aromatic carbocycles. The molecule has 0 amide bonds. The Kier molecular flexibility index (Phi) is 6.25. The molecule has 1 N–H and O–H groups in total. The number of carboxylic acid groups (broad SMARTS) is 1. The fraction of sp³-hybridized carbons (Fsp3) is 0.211. The SMILES string of the molecule is CCCOc1cccc(Oc2ccccc2/C(=C/OC)C(=O)O)c1. The molecule has 0 fully saturated rings. The zero-order chi connectivity index (χ0) is 17.4. The fourth-order valence-electron chi connectivity index (χ4n) is 2.10. The van der Waals surface area contributed by atoms with Gasteiger partial charge in [0.1, 0.15) is 22.8 Å². The van der Waals surface area contributed by atoms with Gasteiger partial charge in [0.15, 0.2) is 0 Å². The maximum atomic E-state index is 11.4. The highest BCUT2D eigenvalue weighted by molar-refractivity contribution is 6.15. The highest BCUT2D eigenvalue weighted by Gasteiger charge is 2.16. The lowest BCUT2D eigenvalue weighted by molar-refractivity contribution is -0.130. The molecule has 0 aliphatic rings. The number of methoxy groups -OCH3 is 1. The Balaban J connectivity index is 2.31. The average molecular weight is 328 g/mol. The van der Waals surface area contributed by atoms with Crippen LogP contribution in [0.5, 0.6) is 17.2 Å². The molecule has 0 saturated carbocycles. The van der Waals surface area contributed by atoms with E-state index in [2.05, 4.69) is 0 Å². The molecule has 5 heteroatoms. The number of carbonyl (C=O) groups is 1. The molecule has 0 aromatic heterocycles. The summed E-state index contributed by atoms with van der Waals surface area (Å²) in [4.78, 5) is 11.4. The van der Waals surface area contributed by atoms with Crippen LogP contribution in [0, 0.1) is 0 Å². The van der Waals surface area contributed by atoms with Crippen molar-refractivity contribution in [2.45, 2.75) is 13.3 Å². The summed E-state index contributed by atoms with van der Waals surface area (Å²) < 4.78 is 16.3. The number of hydrogen-bond acceptors (Lipinski definition) is 4. The standard InChI is InChI=1S/C19H20O5/c1-3-11-23-14-7-6-8-15(12-14)24-18-10-5-4-9-16(18)17(13-22-2)19(20)21/h4-10,12-13H,3,11H2,1-2H3,(H,20,21)/b17-13-. The van der Waals surface area contributed by atoms with Crippen LogP contribution in [0.25, 0.3) is 5.57 Å². The zero-order valence-corrected chi connectivity index (χ0v) is 13.7. The third kappa shape index (κ3) is 4.52. The molecule has 0 bridgehead atoms. The summed E-state index contributed by atoms with van der Waals surface area (Å²) in [5.74, 6) is 0.611. The van der Waals surface area contributed by atoms with Crippen LogP contribution in [0.1, 0.15) is 18.9 Å². The van der Waals surface area contributed by atoms with E-state index in [4.69, 9.17) is 14.2 Å². The summed E-state index contributed by atoms with van der Waals surface area (Å²) in [6, 6.07) is 14.1. The van der Waals surface area contributed by atoms with Gasteiger partial charge < -0.3 is 19.3 Å². The molecular weight excluding hydrogens is 308 g/mol. The van der Waals surface area contributed by atoms with Crippen molar-refractivity contribution in [3.05, 3.63) is 60.4 Å². The van der Waals surface area contributed by atoms with E-state index >= 15 is 0 Å². The summed E-state index contributed by atoms with van der Waals surface area (Å²) in [7, 11) is 1.40. The molecule has 0 radical (unpaired) electrons. The van der Waals surface area contributed by atoms with E-state index in [0.29, 0.717) is 29.4 Å². The monoisotopic (exact) mass is 328 g/mol. The van der Waals surface area contributed by atoms with Crippen LogP contribution >= 0.6 is 0 Å². The van der Waals surface area contributed by atoms with Crippen LogP contribution < -0.4 is 9.47 Å². The van der Waals surface area contributed by atoms with Gasteiger partial charge in [-0.2, -0.15) is 0 Å². The lowest BCUT2D eigenvalue weighted by Gasteiger charge is -2.12. The van der Waals surface area contributed by atoms with Gasteiger partial charge in [0.2, 0.25) is 0 Å². The Morgan fingerprint density at radius 3 is 2.58 bits per heavy atom. The molecule has 0 aliphatic carbocycles. The molecule has 5 nitrogen and oxygen atoms in total. The molecule has 24 heavy (non-hydrogen) atoms. The topological polar surface area (TPSA) is 65.0 Å². The van der Waals surface area contributed by atoms with Gasteiger partial charge >= 0.3 is 5.97 Å². The molecule has 0 unspecified atom stereocenters. The third-order valence-corrected chi connectivity index (χ3v) is 3.15. The summed E-state index contributed by atoms with van der Waals surface area (Å²) in [6.07, 6.45) is 2.10. The lowest BCUT2D eigenvalue weighted by atomic mass is 10.1.